The van der Waals surface area contributed by atoms with E-state index in [-0.39, 0.29) is 11.5 Å². The number of hydrogen-bond acceptors (Lipinski definition) is 10. The number of nitrogen functional groups attached to an aromatic ring is 1. The van der Waals surface area contributed by atoms with E-state index in [9.17, 15) is 4.79 Å². The fraction of sp³-hybridized carbons (Fsp3) is 0.192. The number of aromatic nitrogens is 2. The fourth-order valence-corrected chi connectivity index (χ4v) is 2.75. The molecule has 0 spiro atoms. The van der Waals surface area contributed by atoms with Gasteiger partial charge in [-0.2, -0.15) is 17.9 Å². The number of aryl methyl sites for hydroxylation is 1. The van der Waals surface area contributed by atoms with E-state index < -0.39 is 5.97 Å². The summed E-state index contributed by atoms with van der Waals surface area (Å²) in [7, 11) is 1.52. The molecule has 0 saturated heterocycles. The van der Waals surface area contributed by atoms with Gasteiger partial charge in [-0.15, -0.1) is 0 Å². The molecule has 5 N–H and O–H groups in total. The van der Waals surface area contributed by atoms with Crippen molar-refractivity contribution in [3.63, 3.8) is 0 Å². The second-order valence-corrected chi connectivity index (χ2v) is 7.46. The van der Waals surface area contributed by atoms with Gasteiger partial charge in [0.05, 0.1) is 30.7 Å². The zero-order valence-corrected chi connectivity index (χ0v) is 22.3. The van der Waals surface area contributed by atoms with Crippen LogP contribution in [0.15, 0.2) is 66.6 Å². The van der Waals surface area contributed by atoms with E-state index in [2.05, 4.69) is 40.2 Å². The first kappa shape index (κ1) is 31.4. The summed E-state index contributed by atoms with van der Waals surface area (Å²) in [6.45, 7) is 7.61. The maximum absolute atomic E-state index is 10.5. The van der Waals surface area contributed by atoms with Crippen LogP contribution < -0.4 is 21.1 Å². The molecule has 11 nitrogen and oxygen atoms in total. The number of carboxylic acids is 1. The molecule has 2 aromatic carbocycles. The number of anilines is 1. The van der Waals surface area contributed by atoms with Gasteiger partial charge in [0.15, 0.2) is 0 Å². The first-order valence-corrected chi connectivity index (χ1v) is 11.7. The lowest BCUT2D eigenvalue weighted by atomic mass is 10.1. The Kier molecular flexibility index (Phi) is 14.0. The average molecular weight is 538 g/mol. The van der Waals surface area contributed by atoms with Crippen LogP contribution in [0, 0.1) is 18.3 Å². The van der Waals surface area contributed by atoms with Crippen LogP contribution in [0.4, 0.5) is 5.95 Å². The molecular weight excluding hydrogens is 506 g/mol. The largest absolute Gasteiger partial charge is 0.496 e. The summed E-state index contributed by atoms with van der Waals surface area (Å²) < 4.78 is 10.4. The molecule has 0 amide bonds. The maximum Gasteiger partial charge on any atom is 0.335 e. The first-order valence-electron chi connectivity index (χ1n) is 11.1. The van der Waals surface area contributed by atoms with Crippen molar-refractivity contribution in [3.05, 3.63) is 78.3 Å². The molecule has 0 aliphatic carbocycles. The number of carboxylic acid groups (broad SMARTS) is 1. The number of ether oxygens (including phenoxy) is 2. The fourth-order valence-electron chi connectivity index (χ4n) is 2.68. The summed E-state index contributed by atoms with van der Waals surface area (Å²) in [5.41, 5.74) is 8.84. The van der Waals surface area contributed by atoms with Crippen molar-refractivity contribution in [1.29, 1.82) is 5.26 Å². The quantitative estimate of drug-likeness (QED) is 0.0823. The van der Waals surface area contributed by atoms with E-state index in [1.165, 1.54) is 30.7 Å². The smallest absolute Gasteiger partial charge is 0.335 e. The SMILES string of the molecule is C=CN=CN(N)CS.CCOc1cc(-c2cnc(N)nc2)ccc1C#N.COc1cc(C(=O)O)ccc1C. The number of hydrogen-bond donors (Lipinski definition) is 4. The third-order valence-electron chi connectivity index (χ3n) is 4.55. The van der Waals surface area contributed by atoms with Crippen molar-refractivity contribution < 1.29 is 19.4 Å². The Hall–Kier alpha value is -4.60. The Morgan fingerprint density at radius 3 is 2.45 bits per heavy atom. The van der Waals surface area contributed by atoms with E-state index in [0.717, 1.165) is 16.7 Å². The molecule has 0 unspecified atom stereocenters. The highest BCUT2D eigenvalue weighted by atomic mass is 32.1. The van der Waals surface area contributed by atoms with Gasteiger partial charge in [-0.1, -0.05) is 18.7 Å². The Balaban J connectivity index is 0.000000313. The Morgan fingerprint density at radius 1 is 1.24 bits per heavy atom. The molecular formula is C26H31N7O4S. The van der Waals surface area contributed by atoms with Crippen molar-refractivity contribution in [2.24, 2.45) is 10.8 Å². The number of methoxy groups -OCH3 is 1. The van der Waals surface area contributed by atoms with Gasteiger partial charge in [-0.25, -0.2) is 25.6 Å². The normalized spacial score (nSPS) is 9.68. The van der Waals surface area contributed by atoms with Gasteiger partial charge in [0.1, 0.15) is 23.9 Å². The molecule has 1 aromatic heterocycles. The van der Waals surface area contributed by atoms with E-state index in [1.54, 1.807) is 36.7 Å². The molecule has 1 heterocycles. The minimum absolute atomic E-state index is 0.234. The number of benzene rings is 2. The van der Waals surface area contributed by atoms with Crippen molar-refractivity contribution in [2.45, 2.75) is 13.8 Å². The molecule has 3 aromatic rings. The highest BCUT2D eigenvalue weighted by Crippen LogP contribution is 2.26. The topological polar surface area (TPSA) is 173 Å². The number of aromatic carboxylic acids is 1. The standard InChI is InChI=1S/C13H12N4O.C9H10O3.C4H9N3S/c1-2-18-12-5-9(3-4-10(12)6-14)11-7-16-13(15)17-8-11;1-6-3-4-7(9(10)11)5-8(6)12-2;1-2-6-3-7(5)4-8/h3-5,7-8H,2H2,1H3,(H2,15,16,17);3-5H,1-2H3,(H,10,11);2-3,8H,1,4-5H2. The van der Waals surface area contributed by atoms with Crippen LogP contribution in [-0.4, -0.2) is 52.0 Å². The van der Waals surface area contributed by atoms with Gasteiger partial charge in [0.25, 0.3) is 0 Å². The van der Waals surface area contributed by atoms with Gasteiger partial charge in [-0.3, -0.25) is 5.01 Å². The molecule has 0 bridgehead atoms. The monoisotopic (exact) mass is 537 g/mol. The molecule has 3 rings (SSSR count). The lowest BCUT2D eigenvalue weighted by Gasteiger charge is -2.08. The highest BCUT2D eigenvalue weighted by Gasteiger charge is 2.07. The summed E-state index contributed by atoms with van der Waals surface area (Å²) in [6, 6.07) is 12.2. The van der Waals surface area contributed by atoms with Gasteiger partial charge < -0.3 is 20.3 Å². The van der Waals surface area contributed by atoms with Gasteiger partial charge in [-0.05, 0) is 49.2 Å². The second-order valence-electron chi connectivity index (χ2n) is 7.18. The van der Waals surface area contributed by atoms with Crippen molar-refractivity contribution in [1.82, 2.24) is 15.0 Å². The Labute approximate surface area is 227 Å². The molecule has 0 atom stereocenters. The van der Waals surface area contributed by atoms with Crippen molar-refractivity contribution in [2.75, 3.05) is 25.3 Å². The number of aliphatic imine (C=N–C) groups is 1. The summed E-state index contributed by atoms with van der Waals surface area (Å²) in [5.74, 6) is 6.14. The van der Waals surface area contributed by atoms with Crippen LogP contribution in [0.5, 0.6) is 11.5 Å². The predicted molar refractivity (Wildman–Crippen MR) is 151 cm³/mol. The van der Waals surface area contributed by atoms with Gasteiger partial charge >= 0.3 is 5.97 Å². The number of rotatable bonds is 8. The third-order valence-corrected chi connectivity index (χ3v) is 4.87. The summed E-state index contributed by atoms with van der Waals surface area (Å²) in [4.78, 5) is 22.0. The Bertz CT molecular complexity index is 1260. The van der Waals surface area contributed by atoms with E-state index in [1.807, 2.05) is 19.9 Å². The average Bonchev–Trinajstić information content (AvgIpc) is 2.93. The lowest BCUT2D eigenvalue weighted by molar-refractivity contribution is 0.0696. The van der Waals surface area contributed by atoms with E-state index in [0.29, 0.717) is 29.5 Å². The molecule has 0 fully saturated rings. The van der Waals surface area contributed by atoms with Crippen LogP contribution in [0.1, 0.15) is 28.4 Å². The third kappa shape index (κ3) is 10.6. The van der Waals surface area contributed by atoms with Crippen molar-refractivity contribution in [3.8, 4) is 28.7 Å². The van der Waals surface area contributed by atoms with Crippen LogP contribution in [-0.2, 0) is 0 Å². The minimum Gasteiger partial charge on any atom is -0.496 e. The second kappa shape index (κ2) is 17.0. The van der Waals surface area contributed by atoms with Gasteiger partial charge in [0.2, 0.25) is 5.95 Å². The van der Waals surface area contributed by atoms with E-state index in [4.69, 9.17) is 31.4 Å². The van der Waals surface area contributed by atoms with Crippen LogP contribution in [0.2, 0.25) is 0 Å². The summed E-state index contributed by atoms with van der Waals surface area (Å²) >= 11 is 3.86. The highest BCUT2D eigenvalue weighted by molar-refractivity contribution is 7.80. The maximum atomic E-state index is 10.5. The minimum atomic E-state index is -0.937. The van der Waals surface area contributed by atoms with Gasteiger partial charge in [0, 0.05) is 24.2 Å². The number of hydrazine groups is 1. The first-order chi connectivity index (χ1) is 18.2. The zero-order valence-electron chi connectivity index (χ0n) is 21.4. The molecule has 0 saturated carbocycles. The zero-order chi connectivity index (χ0) is 28.5. The molecule has 0 aliphatic rings. The predicted octanol–water partition coefficient (Wildman–Crippen LogP) is 3.92. The number of nitriles is 1. The number of nitrogens with zero attached hydrogens (tertiary/aromatic N) is 5. The summed E-state index contributed by atoms with van der Waals surface area (Å²) in [5, 5.41) is 18.9. The molecule has 38 heavy (non-hydrogen) atoms. The van der Waals surface area contributed by atoms with Crippen LogP contribution in [0.3, 0.4) is 0 Å². The number of carbonyl (C=O) groups is 1. The summed E-state index contributed by atoms with van der Waals surface area (Å²) in [6.07, 6.45) is 6.13. The van der Waals surface area contributed by atoms with Crippen molar-refractivity contribution >= 4 is 30.9 Å². The van der Waals surface area contributed by atoms with Crippen LogP contribution in [0.25, 0.3) is 11.1 Å². The van der Waals surface area contributed by atoms with E-state index >= 15 is 0 Å². The molecule has 0 radical (unpaired) electrons. The Morgan fingerprint density at radius 2 is 1.92 bits per heavy atom. The lowest BCUT2D eigenvalue weighted by Crippen LogP contribution is -2.27. The number of nitrogens with two attached hydrogens (primary N) is 2. The van der Waals surface area contributed by atoms with Crippen LogP contribution >= 0.6 is 12.6 Å². The number of thiol groups is 1. The molecule has 0 aliphatic heterocycles. The molecule has 200 valence electrons. The molecule has 12 heteroatoms.